The van der Waals surface area contributed by atoms with E-state index in [2.05, 4.69) is 32.6 Å². The van der Waals surface area contributed by atoms with E-state index in [1.165, 1.54) is 19.3 Å². The van der Waals surface area contributed by atoms with Gasteiger partial charge < -0.3 is 5.73 Å². The third-order valence-corrected chi connectivity index (χ3v) is 3.78. The largest absolute Gasteiger partial charge is 0.324 e. The highest BCUT2D eigenvalue weighted by molar-refractivity contribution is 4.90. The van der Waals surface area contributed by atoms with Gasteiger partial charge in [-0.25, -0.2) is 0 Å². The molecule has 14 heavy (non-hydrogen) atoms. The Balaban J connectivity index is 2.56. The van der Waals surface area contributed by atoms with Crippen molar-refractivity contribution in [3.63, 3.8) is 0 Å². The summed E-state index contributed by atoms with van der Waals surface area (Å²) in [5.74, 6) is 0. The molecule has 1 rings (SSSR count). The second-order valence-electron chi connectivity index (χ2n) is 5.17. The highest BCUT2D eigenvalue weighted by Gasteiger charge is 2.32. The summed E-state index contributed by atoms with van der Waals surface area (Å²) in [7, 11) is 0. The molecule has 0 amide bonds. The van der Waals surface area contributed by atoms with Gasteiger partial charge in [-0.1, -0.05) is 13.8 Å². The molecule has 0 aromatic carbocycles. The standard InChI is InChI=1S/C12H26N2/c1-5-11-8-7-10(3)14(11)9-12(4,13)6-2/h10-11H,5-9,13H2,1-4H3. The molecule has 1 saturated heterocycles. The van der Waals surface area contributed by atoms with E-state index in [1.54, 1.807) is 0 Å². The average Bonchev–Trinajstić information content (AvgIpc) is 2.48. The molecule has 1 aliphatic heterocycles. The molecule has 0 aliphatic carbocycles. The molecule has 0 spiro atoms. The summed E-state index contributed by atoms with van der Waals surface area (Å²) in [4.78, 5) is 2.61. The van der Waals surface area contributed by atoms with Crippen molar-refractivity contribution in [2.75, 3.05) is 6.54 Å². The van der Waals surface area contributed by atoms with Crippen LogP contribution in [0.1, 0.15) is 53.4 Å². The molecule has 0 saturated carbocycles. The minimum atomic E-state index is -0.00792. The maximum absolute atomic E-state index is 6.23. The lowest BCUT2D eigenvalue weighted by Gasteiger charge is -2.35. The fourth-order valence-corrected chi connectivity index (χ4v) is 2.38. The van der Waals surface area contributed by atoms with E-state index < -0.39 is 0 Å². The van der Waals surface area contributed by atoms with Gasteiger partial charge in [-0.3, -0.25) is 4.90 Å². The minimum Gasteiger partial charge on any atom is -0.324 e. The van der Waals surface area contributed by atoms with Gasteiger partial charge in [0.2, 0.25) is 0 Å². The summed E-state index contributed by atoms with van der Waals surface area (Å²) in [5.41, 5.74) is 6.23. The predicted molar refractivity (Wildman–Crippen MR) is 62.4 cm³/mol. The first kappa shape index (κ1) is 12.0. The van der Waals surface area contributed by atoms with Gasteiger partial charge in [-0.2, -0.15) is 0 Å². The third kappa shape index (κ3) is 2.71. The van der Waals surface area contributed by atoms with Crippen LogP contribution in [0.25, 0.3) is 0 Å². The van der Waals surface area contributed by atoms with Gasteiger partial charge in [-0.15, -0.1) is 0 Å². The van der Waals surface area contributed by atoms with E-state index in [9.17, 15) is 0 Å². The molecule has 3 unspecified atom stereocenters. The number of hydrogen-bond donors (Lipinski definition) is 1. The Morgan fingerprint density at radius 1 is 1.36 bits per heavy atom. The van der Waals surface area contributed by atoms with E-state index in [0.717, 1.165) is 25.0 Å². The second-order valence-corrected chi connectivity index (χ2v) is 5.17. The lowest BCUT2D eigenvalue weighted by Crippen LogP contribution is -2.50. The summed E-state index contributed by atoms with van der Waals surface area (Å²) in [6, 6.07) is 1.51. The second kappa shape index (κ2) is 4.63. The maximum atomic E-state index is 6.23. The van der Waals surface area contributed by atoms with Gasteiger partial charge in [0.15, 0.2) is 0 Å². The normalized spacial score (nSPS) is 33.2. The van der Waals surface area contributed by atoms with Gasteiger partial charge in [0.1, 0.15) is 0 Å². The average molecular weight is 198 g/mol. The highest BCUT2D eigenvalue weighted by Crippen LogP contribution is 2.27. The van der Waals surface area contributed by atoms with Gasteiger partial charge in [-0.05, 0) is 39.5 Å². The molecule has 2 nitrogen and oxygen atoms in total. The molecular weight excluding hydrogens is 172 g/mol. The van der Waals surface area contributed by atoms with Crippen LogP contribution in [0.4, 0.5) is 0 Å². The quantitative estimate of drug-likeness (QED) is 0.751. The highest BCUT2D eigenvalue weighted by atomic mass is 15.2. The lowest BCUT2D eigenvalue weighted by atomic mass is 9.98. The minimum absolute atomic E-state index is 0.00792. The van der Waals surface area contributed by atoms with Crippen LogP contribution in [0.5, 0.6) is 0 Å². The van der Waals surface area contributed by atoms with Crippen molar-refractivity contribution in [2.45, 2.75) is 71.0 Å². The van der Waals surface area contributed by atoms with Crippen molar-refractivity contribution in [1.29, 1.82) is 0 Å². The summed E-state index contributed by atoms with van der Waals surface area (Å²) >= 11 is 0. The molecule has 1 fully saturated rings. The number of hydrogen-bond acceptors (Lipinski definition) is 2. The molecule has 1 aliphatic rings. The van der Waals surface area contributed by atoms with Crippen LogP contribution in [-0.2, 0) is 0 Å². The Labute approximate surface area is 88.8 Å². The van der Waals surface area contributed by atoms with Crippen molar-refractivity contribution in [2.24, 2.45) is 5.73 Å². The molecule has 0 aromatic heterocycles. The third-order valence-electron chi connectivity index (χ3n) is 3.78. The summed E-state index contributed by atoms with van der Waals surface area (Å²) in [6.45, 7) is 10.0. The molecule has 2 heteroatoms. The zero-order valence-electron chi connectivity index (χ0n) is 10.2. The Kier molecular flexibility index (Phi) is 3.96. The van der Waals surface area contributed by atoms with E-state index >= 15 is 0 Å². The van der Waals surface area contributed by atoms with Crippen molar-refractivity contribution in [3.8, 4) is 0 Å². The Morgan fingerprint density at radius 2 is 2.00 bits per heavy atom. The summed E-state index contributed by atoms with van der Waals surface area (Å²) in [5, 5.41) is 0. The van der Waals surface area contributed by atoms with Gasteiger partial charge in [0.25, 0.3) is 0 Å². The summed E-state index contributed by atoms with van der Waals surface area (Å²) < 4.78 is 0. The predicted octanol–water partition coefficient (Wildman–Crippen LogP) is 2.38. The van der Waals surface area contributed by atoms with Crippen molar-refractivity contribution in [1.82, 2.24) is 4.90 Å². The SMILES string of the molecule is CCC1CCC(C)N1CC(C)(N)CC. The van der Waals surface area contributed by atoms with E-state index in [-0.39, 0.29) is 5.54 Å². The fourth-order valence-electron chi connectivity index (χ4n) is 2.38. The van der Waals surface area contributed by atoms with Crippen LogP contribution in [-0.4, -0.2) is 29.1 Å². The smallest absolute Gasteiger partial charge is 0.0252 e. The fraction of sp³-hybridized carbons (Fsp3) is 1.00. The van der Waals surface area contributed by atoms with E-state index in [1.807, 2.05) is 0 Å². The van der Waals surface area contributed by atoms with Crippen LogP contribution in [0.3, 0.4) is 0 Å². The Bertz CT molecular complexity index is 177. The zero-order chi connectivity index (χ0) is 10.8. The Morgan fingerprint density at radius 3 is 2.50 bits per heavy atom. The zero-order valence-corrected chi connectivity index (χ0v) is 10.2. The number of rotatable bonds is 4. The topological polar surface area (TPSA) is 29.3 Å². The van der Waals surface area contributed by atoms with Gasteiger partial charge in [0.05, 0.1) is 0 Å². The molecule has 1 heterocycles. The molecule has 3 atom stereocenters. The van der Waals surface area contributed by atoms with Crippen LogP contribution in [0, 0.1) is 0 Å². The first-order valence-electron chi connectivity index (χ1n) is 6.04. The maximum Gasteiger partial charge on any atom is 0.0252 e. The first-order chi connectivity index (χ1) is 6.50. The van der Waals surface area contributed by atoms with Crippen molar-refractivity contribution in [3.05, 3.63) is 0 Å². The number of likely N-dealkylation sites (tertiary alicyclic amines) is 1. The van der Waals surface area contributed by atoms with Crippen molar-refractivity contribution < 1.29 is 0 Å². The molecule has 0 aromatic rings. The molecule has 84 valence electrons. The lowest BCUT2D eigenvalue weighted by molar-refractivity contribution is 0.155. The van der Waals surface area contributed by atoms with Gasteiger partial charge >= 0.3 is 0 Å². The number of nitrogens with zero attached hydrogens (tertiary/aromatic N) is 1. The molecule has 0 bridgehead atoms. The van der Waals surface area contributed by atoms with E-state index in [4.69, 9.17) is 5.73 Å². The van der Waals surface area contributed by atoms with Crippen LogP contribution >= 0.6 is 0 Å². The van der Waals surface area contributed by atoms with Crippen molar-refractivity contribution >= 4 is 0 Å². The molecule has 0 radical (unpaired) electrons. The number of nitrogens with two attached hydrogens (primary N) is 1. The Hall–Kier alpha value is -0.0800. The van der Waals surface area contributed by atoms with Gasteiger partial charge in [0, 0.05) is 24.2 Å². The molecular formula is C12H26N2. The van der Waals surface area contributed by atoms with Crippen LogP contribution < -0.4 is 5.73 Å². The summed E-state index contributed by atoms with van der Waals surface area (Å²) in [6.07, 6.45) is 5.03. The first-order valence-corrected chi connectivity index (χ1v) is 6.04. The molecule has 2 N–H and O–H groups in total. The van der Waals surface area contributed by atoms with Crippen LogP contribution in [0.15, 0.2) is 0 Å². The van der Waals surface area contributed by atoms with Crippen LogP contribution in [0.2, 0.25) is 0 Å². The monoisotopic (exact) mass is 198 g/mol. The van der Waals surface area contributed by atoms with E-state index in [0.29, 0.717) is 0 Å².